The molecule has 1 heterocycles. The maximum Gasteiger partial charge on any atom is 0.338 e. The molecule has 0 aromatic heterocycles. The lowest BCUT2D eigenvalue weighted by molar-refractivity contribution is -0.168. The summed E-state index contributed by atoms with van der Waals surface area (Å²) >= 11 is 0. The minimum Gasteiger partial charge on any atom is -0.462 e. The molecular formula is C24H32N2O5. The first-order valence-corrected chi connectivity index (χ1v) is 11.0. The first-order valence-electron chi connectivity index (χ1n) is 11.0. The molecule has 2 aliphatic rings. The number of ether oxygens (including phenoxy) is 1. The molecule has 7 heteroatoms. The quantitative estimate of drug-likeness (QED) is 0.502. The smallest absolute Gasteiger partial charge is 0.338 e. The van der Waals surface area contributed by atoms with Crippen LogP contribution in [0, 0.1) is 16.7 Å². The van der Waals surface area contributed by atoms with Crippen LogP contribution in [0.25, 0.3) is 0 Å². The highest BCUT2D eigenvalue weighted by Crippen LogP contribution is 2.60. The van der Waals surface area contributed by atoms with E-state index in [1.54, 1.807) is 24.3 Å². The molecule has 2 unspecified atom stereocenters. The van der Waals surface area contributed by atoms with E-state index in [2.05, 4.69) is 5.32 Å². The summed E-state index contributed by atoms with van der Waals surface area (Å²) in [6, 6.07) is 6.52. The van der Waals surface area contributed by atoms with Crippen molar-refractivity contribution in [2.45, 2.75) is 59.8 Å². The molecule has 0 radical (unpaired) electrons. The number of nitrogens with zero attached hydrogens (tertiary/aromatic N) is 1. The van der Waals surface area contributed by atoms with Gasteiger partial charge in [-0.3, -0.25) is 19.3 Å². The topological polar surface area (TPSA) is 92.8 Å². The van der Waals surface area contributed by atoms with E-state index in [0.29, 0.717) is 24.3 Å². The molecule has 2 bridgehead atoms. The minimum atomic E-state index is -0.520. The van der Waals surface area contributed by atoms with Crippen LogP contribution in [-0.4, -0.2) is 41.7 Å². The van der Waals surface area contributed by atoms with Crippen LogP contribution in [0.2, 0.25) is 0 Å². The molecule has 1 saturated carbocycles. The van der Waals surface area contributed by atoms with Gasteiger partial charge in [-0.15, -0.1) is 0 Å². The Labute approximate surface area is 183 Å². The molecule has 1 aliphatic heterocycles. The molecule has 1 saturated heterocycles. The number of hydrogen-bond acceptors (Lipinski definition) is 5. The standard InChI is InChI=1S/C24H32N2O5/c1-5-15-31-21(29)16-8-10-17(11-9-16)25-19(27)7-6-14-26-20(28)18-12-13-24(4,22(26)30)23(18,2)3/h8-11,18H,5-7,12-15H2,1-4H3,(H,25,27). The lowest BCUT2D eigenvalue weighted by Gasteiger charge is -2.47. The third-order valence-electron chi connectivity index (χ3n) is 7.13. The lowest BCUT2D eigenvalue weighted by atomic mass is 9.62. The molecule has 3 amide bonds. The van der Waals surface area contributed by atoms with Crippen LogP contribution in [0.15, 0.2) is 24.3 Å². The maximum absolute atomic E-state index is 13.0. The second-order valence-corrected chi connectivity index (χ2v) is 9.31. The van der Waals surface area contributed by atoms with E-state index in [1.165, 1.54) is 4.90 Å². The molecule has 1 aromatic carbocycles. The third kappa shape index (κ3) is 4.23. The van der Waals surface area contributed by atoms with Crippen molar-refractivity contribution in [3.8, 4) is 0 Å². The zero-order chi connectivity index (χ0) is 22.8. The fourth-order valence-corrected chi connectivity index (χ4v) is 4.70. The van der Waals surface area contributed by atoms with E-state index >= 15 is 0 Å². The number of fused-ring (bicyclic) bond motifs is 2. The molecule has 7 nitrogen and oxygen atoms in total. The monoisotopic (exact) mass is 428 g/mol. The Morgan fingerprint density at radius 2 is 1.84 bits per heavy atom. The van der Waals surface area contributed by atoms with Crippen molar-refractivity contribution in [1.29, 1.82) is 0 Å². The molecule has 2 fully saturated rings. The number of anilines is 1. The zero-order valence-electron chi connectivity index (χ0n) is 18.8. The van der Waals surface area contributed by atoms with Crippen LogP contribution >= 0.6 is 0 Å². The number of esters is 1. The maximum atomic E-state index is 13.0. The molecule has 1 aromatic rings. The van der Waals surface area contributed by atoms with Crippen molar-refractivity contribution >= 4 is 29.4 Å². The average molecular weight is 429 g/mol. The summed E-state index contributed by atoms with van der Waals surface area (Å²) in [5.41, 5.74) is 0.159. The predicted molar refractivity (Wildman–Crippen MR) is 116 cm³/mol. The summed E-state index contributed by atoms with van der Waals surface area (Å²) in [6.45, 7) is 8.55. The van der Waals surface area contributed by atoms with Crippen molar-refractivity contribution in [1.82, 2.24) is 4.90 Å². The largest absolute Gasteiger partial charge is 0.462 e. The number of carbonyl (C=O) groups is 4. The van der Waals surface area contributed by atoms with Crippen molar-refractivity contribution in [3.05, 3.63) is 29.8 Å². The molecular weight excluding hydrogens is 396 g/mol. The van der Waals surface area contributed by atoms with Crippen LogP contribution in [0.3, 0.4) is 0 Å². The third-order valence-corrected chi connectivity index (χ3v) is 7.13. The normalized spacial score (nSPS) is 24.3. The van der Waals surface area contributed by atoms with Crippen molar-refractivity contribution < 1.29 is 23.9 Å². The first-order chi connectivity index (χ1) is 14.6. The number of hydrogen-bond donors (Lipinski definition) is 1. The van der Waals surface area contributed by atoms with Gasteiger partial charge in [-0.1, -0.05) is 27.7 Å². The van der Waals surface area contributed by atoms with Gasteiger partial charge in [0.2, 0.25) is 17.7 Å². The first kappa shape index (κ1) is 23.0. The van der Waals surface area contributed by atoms with E-state index in [9.17, 15) is 19.2 Å². The number of piperidine rings is 1. The van der Waals surface area contributed by atoms with Gasteiger partial charge in [0.15, 0.2) is 0 Å². The SMILES string of the molecule is CCCOC(=O)c1ccc(NC(=O)CCCN2C(=O)C3CCC(C)(C2=O)C3(C)C)cc1. The van der Waals surface area contributed by atoms with Gasteiger partial charge in [0.1, 0.15) is 0 Å². The van der Waals surface area contributed by atoms with Crippen LogP contribution in [0.1, 0.15) is 70.2 Å². The van der Waals surface area contributed by atoms with Gasteiger partial charge in [0, 0.05) is 24.6 Å². The minimum absolute atomic E-state index is 0.101. The summed E-state index contributed by atoms with van der Waals surface area (Å²) in [5.74, 6) is -0.932. The van der Waals surface area contributed by atoms with Gasteiger partial charge in [0.05, 0.1) is 17.6 Å². The Balaban J connectivity index is 1.50. The number of nitrogens with one attached hydrogen (secondary N) is 1. The number of amides is 3. The number of rotatable bonds is 8. The molecule has 168 valence electrons. The summed E-state index contributed by atoms with van der Waals surface area (Å²) < 4.78 is 5.08. The number of likely N-dealkylation sites (tertiary alicyclic amines) is 1. The number of carbonyl (C=O) groups excluding carboxylic acids is 4. The second-order valence-electron chi connectivity index (χ2n) is 9.31. The fraction of sp³-hybridized carbons (Fsp3) is 0.583. The summed E-state index contributed by atoms with van der Waals surface area (Å²) in [5, 5.41) is 2.78. The van der Waals surface area contributed by atoms with Crippen LogP contribution in [-0.2, 0) is 19.1 Å². The molecule has 1 aliphatic carbocycles. The van der Waals surface area contributed by atoms with Crippen LogP contribution < -0.4 is 5.32 Å². The number of imide groups is 1. The Morgan fingerprint density at radius 3 is 2.48 bits per heavy atom. The highest BCUT2D eigenvalue weighted by atomic mass is 16.5. The number of benzene rings is 1. The molecule has 0 spiro atoms. The van der Waals surface area contributed by atoms with E-state index in [4.69, 9.17) is 4.74 Å². The Morgan fingerprint density at radius 1 is 1.16 bits per heavy atom. The van der Waals surface area contributed by atoms with Crippen LogP contribution in [0.5, 0.6) is 0 Å². The van der Waals surface area contributed by atoms with E-state index < -0.39 is 5.41 Å². The van der Waals surface area contributed by atoms with Gasteiger partial charge in [-0.25, -0.2) is 4.79 Å². The van der Waals surface area contributed by atoms with Crippen molar-refractivity contribution in [2.24, 2.45) is 16.7 Å². The summed E-state index contributed by atoms with van der Waals surface area (Å²) in [6.07, 6.45) is 2.84. The second kappa shape index (κ2) is 8.81. The summed E-state index contributed by atoms with van der Waals surface area (Å²) in [7, 11) is 0. The lowest BCUT2D eigenvalue weighted by Crippen LogP contribution is -2.59. The van der Waals surface area contributed by atoms with Crippen molar-refractivity contribution in [2.75, 3.05) is 18.5 Å². The van der Waals surface area contributed by atoms with Crippen molar-refractivity contribution in [3.63, 3.8) is 0 Å². The van der Waals surface area contributed by atoms with E-state index in [0.717, 1.165) is 19.3 Å². The van der Waals surface area contributed by atoms with E-state index in [-0.39, 0.29) is 48.0 Å². The Hall–Kier alpha value is -2.70. The summed E-state index contributed by atoms with van der Waals surface area (Å²) in [4.78, 5) is 51.3. The van der Waals surface area contributed by atoms with Gasteiger partial charge < -0.3 is 10.1 Å². The van der Waals surface area contributed by atoms with Crippen LogP contribution in [0.4, 0.5) is 5.69 Å². The predicted octanol–water partition coefficient (Wildman–Crippen LogP) is 3.78. The Bertz CT molecular complexity index is 876. The highest BCUT2D eigenvalue weighted by Gasteiger charge is 2.64. The van der Waals surface area contributed by atoms with Gasteiger partial charge in [0.25, 0.3) is 0 Å². The molecule has 3 rings (SSSR count). The average Bonchev–Trinajstić information content (AvgIpc) is 2.92. The Kier molecular flexibility index (Phi) is 6.53. The molecule has 1 N–H and O–H groups in total. The molecule has 31 heavy (non-hydrogen) atoms. The van der Waals surface area contributed by atoms with Gasteiger partial charge in [-0.2, -0.15) is 0 Å². The fourth-order valence-electron chi connectivity index (χ4n) is 4.70. The highest BCUT2D eigenvalue weighted by molar-refractivity contribution is 6.03. The zero-order valence-corrected chi connectivity index (χ0v) is 18.8. The van der Waals surface area contributed by atoms with E-state index in [1.807, 2.05) is 27.7 Å². The van der Waals surface area contributed by atoms with Gasteiger partial charge >= 0.3 is 5.97 Å². The van der Waals surface area contributed by atoms with Gasteiger partial charge in [-0.05, 0) is 55.4 Å². The molecule has 2 atom stereocenters.